The van der Waals surface area contributed by atoms with Crippen LogP contribution < -0.4 is 0 Å². The SMILES string of the molecule is CC1C2CC(CCCC3OCCCO3)C(C2)C1C. The van der Waals surface area contributed by atoms with Gasteiger partial charge in [0, 0.05) is 0 Å². The Hall–Kier alpha value is -0.0800. The van der Waals surface area contributed by atoms with Crippen LogP contribution in [0.4, 0.5) is 0 Å². The van der Waals surface area contributed by atoms with Gasteiger partial charge in [-0.05, 0) is 68.1 Å². The molecule has 0 spiro atoms. The predicted octanol–water partition coefficient (Wildman–Crippen LogP) is 3.85. The molecule has 3 aliphatic rings. The first-order valence-corrected chi connectivity index (χ1v) is 7.99. The van der Waals surface area contributed by atoms with Crippen molar-refractivity contribution in [3.05, 3.63) is 0 Å². The van der Waals surface area contributed by atoms with E-state index < -0.39 is 0 Å². The van der Waals surface area contributed by atoms with Gasteiger partial charge in [-0.25, -0.2) is 0 Å². The molecule has 5 unspecified atom stereocenters. The number of ether oxygens (including phenoxy) is 2. The summed E-state index contributed by atoms with van der Waals surface area (Å²) in [6.45, 7) is 6.74. The summed E-state index contributed by atoms with van der Waals surface area (Å²) in [7, 11) is 0. The average Bonchev–Trinajstić information content (AvgIpc) is 2.92. The van der Waals surface area contributed by atoms with Crippen molar-refractivity contribution in [2.45, 2.75) is 58.7 Å². The van der Waals surface area contributed by atoms with E-state index in [4.69, 9.17) is 9.47 Å². The van der Waals surface area contributed by atoms with E-state index in [2.05, 4.69) is 13.8 Å². The highest BCUT2D eigenvalue weighted by Crippen LogP contribution is 2.56. The Kier molecular flexibility index (Phi) is 3.95. The fourth-order valence-corrected chi connectivity index (χ4v) is 4.68. The Morgan fingerprint density at radius 3 is 2.39 bits per heavy atom. The minimum absolute atomic E-state index is 0.105. The van der Waals surface area contributed by atoms with Crippen LogP contribution in [0.2, 0.25) is 0 Å². The molecule has 0 radical (unpaired) electrons. The van der Waals surface area contributed by atoms with Gasteiger partial charge in [0.05, 0.1) is 13.2 Å². The molecule has 1 saturated heterocycles. The van der Waals surface area contributed by atoms with Crippen molar-refractivity contribution in [1.29, 1.82) is 0 Å². The molecular weight excluding hydrogens is 224 g/mol. The van der Waals surface area contributed by atoms with E-state index in [0.29, 0.717) is 0 Å². The van der Waals surface area contributed by atoms with E-state index in [9.17, 15) is 0 Å². The van der Waals surface area contributed by atoms with Crippen LogP contribution >= 0.6 is 0 Å². The summed E-state index contributed by atoms with van der Waals surface area (Å²) >= 11 is 0. The molecule has 3 fully saturated rings. The second-order valence-corrected chi connectivity index (χ2v) is 6.83. The van der Waals surface area contributed by atoms with Crippen LogP contribution in [0.3, 0.4) is 0 Å². The quantitative estimate of drug-likeness (QED) is 0.756. The first kappa shape index (κ1) is 12.9. The van der Waals surface area contributed by atoms with Gasteiger partial charge in [0.1, 0.15) is 0 Å². The fraction of sp³-hybridized carbons (Fsp3) is 1.00. The van der Waals surface area contributed by atoms with E-state index in [-0.39, 0.29) is 6.29 Å². The molecule has 5 atom stereocenters. The monoisotopic (exact) mass is 252 g/mol. The number of fused-ring (bicyclic) bond motifs is 2. The Bertz CT molecular complexity index is 270. The molecule has 0 amide bonds. The lowest BCUT2D eigenvalue weighted by atomic mass is 9.74. The first-order chi connectivity index (χ1) is 8.75. The molecule has 2 nitrogen and oxygen atoms in total. The third-order valence-electron chi connectivity index (χ3n) is 5.95. The van der Waals surface area contributed by atoms with Gasteiger partial charge >= 0.3 is 0 Å². The summed E-state index contributed by atoms with van der Waals surface area (Å²) in [4.78, 5) is 0. The lowest BCUT2D eigenvalue weighted by Gasteiger charge is -2.32. The van der Waals surface area contributed by atoms with Gasteiger partial charge in [0.2, 0.25) is 0 Å². The van der Waals surface area contributed by atoms with Gasteiger partial charge in [0.25, 0.3) is 0 Å². The molecule has 2 heteroatoms. The zero-order chi connectivity index (χ0) is 12.5. The molecule has 0 aromatic rings. The van der Waals surface area contributed by atoms with Crippen molar-refractivity contribution in [1.82, 2.24) is 0 Å². The first-order valence-electron chi connectivity index (χ1n) is 7.99. The van der Waals surface area contributed by atoms with Gasteiger partial charge in [0.15, 0.2) is 6.29 Å². The van der Waals surface area contributed by atoms with Crippen LogP contribution in [0.15, 0.2) is 0 Å². The fourth-order valence-electron chi connectivity index (χ4n) is 4.68. The van der Waals surface area contributed by atoms with E-state index >= 15 is 0 Å². The Balaban J connectivity index is 1.39. The highest BCUT2D eigenvalue weighted by Gasteiger charge is 2.47. The average molecular weight is 252 g/mol. The van der Waals surface area contributed by atoms with Gasteiger partial charge in [-0.2, -0.15) is 0 Å². The minimum atomic E-state index is 0.105. The molecule has 2 aliphatic carbocycles. The van der Waals surface area contributed by atoms with Crippen LogP contribution in [0.1, 0.15) is 52.4 Å². The van der Waals surface area contributed by atoms with E-state index in [1.165, 1.54) is 25.7 Å². The van der Waals surface area contributed by atoms with Gasteiger partial charge in [-0.15, -0.1) is 0 Å². The number of hydrogen-bond donors (Lipinski definition) is 0. The highest BCUT2D eigenvalue weighted by atomic mass is 16.7. The smallest absolute Gasteiger partial charge is 0.157 e. The van der Waals surface area contributed by atoms with Crippen molar-refractivity contribution >= 4 is 0 Å². The normalized spacial score (nSPS) is 44.7. The summed E-state index contributed by atoms with van der Waals surface area (Å²) in [5.74, 6) is 5.02. The maximum atomic E-state index is 5.62. The molecule has 0 N–H and O–H groups in total. The van der Waals surface area contributed by atoms with Crippen molar-refractivity contribution in [3.8, 4) is 0 Å². The molecule has 2 saturated carbocycles. The standard InChI is InChI=1S/C16H28O2/c1-11-12(2)15-10-14(11)9-13(15)5-3-6-16-17-7-4-8-18-16/h11-16H,3-10H2,1-2H3. The third kappa shape index (κ3) is 2.46. The molecule has 1 aliphatic heterocycles. The van der Waals surface area contributed by atoms with Crippen LogP contribution in [0.5, 0.6) is 0 Å². The zero-order valence-corrected chi connectivity index (χ0v) is 11.9. The lowest BCUT2D eigenvalue weighted by Crippen LogP contribution is -2.26. The molecule has 2 bridgehead atoms. The third-order valence-corrected chi connectivity index (χ3v) is 5.95. The molecule has 1 heterocycles. The summed E-state index contributed by atoms with van der Waals surface area (Å²) in [6, 6.07) is 0. The maximum Gasteiger partial charge on any atom is 0.157 e. The topological polar surface area (TPSA) is 18.5 Å². The van der Waals surface area contributed by atoms with Crippen molar-refractivity contribution in [2.75, 3.05) is 13.2 Å². The van der Waals surface area contributed by atoms with Gasteiger partial charge in [-0.1, -0.05) is 13.8 Å². The lowest BCUT2D eigenvalue weighted by molar-refractivity contribution is -0.182. The minimum Gasteiger partial charge on any atom is -0.353 e. The number of rotatable bonds is 4. The van der Waals surface area contributed by atoms with Crippen LogP contribution in [-0.2, 0) is 9.47 Å². The highest BCUT2D eigenvalue weighted by molar-refractivity contribution is 4.97. The Labute approximate surface area is 111 Å². The Morgan fingerprint density at radius 1 is 0.944 bits per heavy atom. The van der Waals surface area contributed by atoms with Crippen LogP contribution in [-0.4, -0.2) is 19.5 Å². The largest absolute Gasteiger partial charge is 0.353 e. The second kappa shape index (κ2) is 5.50. The second-order valence-electron chi connectivity index (χ2n) is 6.83. The maximum absolute atomic E-state index is 5.62. The molecule has 0 aromatic carbocycles. The van der Waals surface area contributed by atoms with Crippen molar-refractivity contribution in [3.63, 3.8) is 0 Å². The van der Waals surface area contributed by atoms with Crippen molar-refractivity contribution in [2.24, 2.45) is 29.6 Å². The summed E-state index contributed by atoms with van der Waals surface area (Å²) in [5, 5.41) is 0. The predicted molar refractivity (Wildman–Crippen MR) is 72.2 cm³/mol. The summed E-state index contributed by atoms with van der Waals surface area (Å²) in [6.07, 6.45) is 8.00. The summed E-state index contributed by atoms with van der Waals surface area (Å²) in [5.41, 5.74) is 0. The van der Waals surface area contributed by atoms with Crippen LogP contribution in [0.25, 0.3) is 0 Å². The Morgan fingerprint density at radius 2 is 1.72 bits per heavy atom. The molecule has 104 valence electrons. The van der Waals surface area contributed by atoms with E-state index in [0.717, 1.165) is 55.6 Å². The molecule has 3 rings (SSSR count). The van der Waals surface area contributed by atoms with Crippen molar-refractivity contribution < 1.29 is 9.47 Å². The molecule has 0 aromatic heterocycles. The summed E-state index contributed by atoms with van der Waals surface area (Å²) < 4.78 is 11.2. The van der Waals surface area contributed by atoms with Crippen LogP contribution in [0, 0.1) is 29.6 Å². The van der Waals surface area contributed by atoms with E-state index in [1.54, 1.807) is 0 Å². The molecular formula is C16H28O2. The van der Waals surface area contributed by atoms with E-state index in [1.807, 2.05) is 0 Å². The molecule has 18 heavy (non-hydrogen) atoms. The van der Waals surface area contributed by atoms with Gasteiger partial charge in [-0.3, -0.25) is 0 Å². The number of hydrogen-bond acceptors (Lipinski definition) is 2. The van der Waals surface area contributed by atoms with Gasteiger partial charge < -0.3 is 9.47 Å². The zero-order valence-electron chi connectivity index (χ0n) is 11.9.